The van der Waals surface area contributed by atoms with E-state index in [4.69, 9.17) is 27.9 Å². The summed E-state index contributed by atoms with van der Waals surface area (Å²) in [6.07, 6.45) is 1.00. The van der Waals surface area contributed by atoms with Crippen LogP contribution in [0.15, 0.2) is 66.7 Å². The SMILES string of the molecule is CN(C)C(=O)c1ccc(CN2CC[C@@H](Oc3ccc(C[C@H](NC(=O)c4c(Cl)cccc4Cl)C(=O)O)cc3)C2)cc1. The van der Waals surface area contributed by atoms with Gasteiger partial charge in [-0.25, -0.2) is 4.79 Å². The predicted molar refractivity (Wildman–Crippen MR) is 154 cm³/mol. The van der Waals surface area contributed by atoms with Crippen LogP contribution in [0.2, 0.25) is 10.0 Å². The second kappa shape index (κ2) is 13.2. The zero-order valence-corrected chi connectivity index (χ0v) is 23.8. The molecule has 1 aliphatic rings. The molecule has 40 heavy (non-hydrogen) atoms. The summed E-state index contributed by atoms with van der Waals surface area (Å²) in [5.74, 6) is -1.13. The van der Waals surface area contributed by atoms with Crippen LogP contribution in [0.5, 0.6) is 5.75 Å². The van der Waals surface area contributed by atoms with E-state index in [9.17, 15) is 19.5 Å². The van der Waals surface area contributed by atoms with Crippen LogP contribution in [-0.2, 0) is 17.8 Å². The molecular formula is C30H31Cl2N3O5. The number of amides is 2. The summed E-state index contributed by atoms with van der Waals surface area (Å²) in [5, 5.41) is 12.5. The van der Waals surface area contributed by atoms with Crippen LogP contribution in [0.3, 0.4) is 0 Å². The van der Waals surface area contributed by atoms with E-state index < -0.39 is 17.9 Å². The summed E-state index contributed by atoms with van der Waals surface area (Å²) in [5.41, 5.74) is 2.58. The van der Waals surface area contributed by atoms with E-state index >= 15 is 0 Å². The number of nitrogens with zero attached hydrogens (tertiary/aromatic N) is 2. The molecule has 2 N–H and O–H groups in total. The molecule has 8 nitrogen and oxygen atoms in total. The fourth-order valence-electron chi connectivity index (χ4n) is 4.58. The molecule has 3 aromatic carbocycles. The van der Waals surface area contributed by atoms with Crippen LogP contribution >= 0.6 is 23.2 Å². The van der Waals surface area contributed by atoms with Crippen molar-refractivity contribution in [1.82, 2.24) is 15.1 Å². The molecule has 0 radical (unpaired) electrons. The van der Waals surface area contributed by atoms with Gasteiger partial charge < -0.3 is 20.1 Å². The highest BCUT2D eigenvalue weighted by Gasteiger charge is 2.25. The molecule has 2 atom stereocenters. The van der Waals surface area contributed by atoms with Crippen LogP contribution in [0.1, 0.15) is 38.3 Å². The van der Waals surface area contributed by atoms with E-state index in [0.717, 1.165) is 37.2 Å². The smallest absolute Gasteiger partial charge is 0.326 e. The van der Waals surface area contributed by atoms with Gasteiger partial charge in [0.25, 0.3) is 11.8 Å². The number of hydrogen-bond acceptors (Lipinski definition) is 5. The van der Waals surface area contributed by atoms with Gasteiger partial charge in [-0.3, -0.25) is 14.5 Å². The highest BCUT2D eigenvalue weighted by atomic mass is 35.5. The van der Waals surface area contributed by atoms with Crippen LogP contribution in [0.4, 0.5) is 0 Å². The molecule has 10 heteroatoms. The van der Waals surface area contributed by atoms with Crippen molar-refractivity contribution in [3.05, 3.63) is 99.0 Å². The summed E-state index contributed by atoms with van der Waals surface area (Å²) in [7, 11) is 3.47. The lowest BCUT2D eigenvalue weighted by Gasteiger charge is -2.18. The molecule has 1 fully saturated rings. The minimum absolute atomic E-state index is 0.0163. The zero-order chi connectivity index (χ0) is 28.8. The highest BCUT2D eigenvalue weighted by molar-refractivity contribution is 6.39. The summed E-state index contributed by atoms with van der Waals surface area (Å²) < 4.78 is 6.17. The van der Waals surface area contributed by atoms with Gasteiger partial charge in [0.15, 0.2) is 0 Å². The zero-order valence-electron chi connectivity index (χ0n) is 22.3. The number of halogens is 2. The fraction of sp³-hybridized carbons (Fsp3) is 0.300. The molecule has 0 spiro atoms. The molecule has 0 aromatic heterocycles. The minimum atomic E-state index is -1.16. The van der Waals surface area contributed by atoms with Gasteiger partial charge >= 0.3 is 5.97 Å². The van der Waals surface area contributed by atoms with E-state index in [1.54, 1.807) is 37.2 Å². The van der Waals surface area contributed by atoms with Gasteiger partial charge in [0.05, 0.1) is 15.6 Å². The van der Waals surface area contributed by atoms with E-state index in [0.29, 0.717) is 11.3 Å². The topological polar surface area (TPSA) is 99.2 Å². The van der Waals surface area contributed by atoms with Crippen molar-refractivity contribution in [3.8, 4) is 5.75 Å². The average Bonchev–Trinajstić information content (AvgIpc) is 3.35. The van der Waals surface area contributed by atoms with Crippen molar-refractivity contribution < 1.29 is 24.2 Å². The maximum absolute atomic E-state index is 12.7. The third-order valence-electron chi connectivity index (χ3n) is 6.70. The molecular weight excluding hydrogens is 553 g/mol. The van der Waals surface area contributed by atoms with Gasteiger partial charge in [-0.1, -0.05) is 53.5 Å². The molecule has 2 amide bonds. The number of carbonyl (C=O) groups excluding carboxylic acids is 2. The first kappa shape index (κ1) is 29.4. The average molecular weight is 585 g/mol. The lowest BCUT2D eigenvalue weighted by Crippen LogP contribution is -2.42. The van der Waals surface area contributed by atoms with Crippen LogP contribution < -0.4 is 10.1 Å². The van der Waals surface area contributed by atoms with Crippen molar-refractivity contribution in [1.29, 1.82) is 0 Å². The first-order valence-electron chi connectivity index (χ1n) is 12.9. The fourth-order valence-corrected chi connectivity index (χ4v) is 5.15. The second-order valence-corrected chi connectivity index (χ2v) is 10.8. The molecule has 0 unspecified atom stereocenters. The summed E-state index contributed by atoms with van der Waals surface area (Å²) >= 11 is 12.2. The molecule has 1 saturated heterocycles. The molecule has 1 heterocycles. The monoisotopic (exact) mass is 583 g/mol. The maximum atomic E-state index is 12.7. The standard InChI is InChI=1S/C30H31Cl2N3O5/c1-34(2)29(37)21-10-6-20(7-11-21)17-35-15-14-23(18-35)40-22-12-8-19(9-13-22)16-26(30(38)39)33-28(36)27-24(31)4-3-5-25(27)32/h3-13,23,26H,14-18H2,1-2H3,(H,33,36)(H,38,39)/t23-,26+/m1/s1. The lowest BCUT2D eigenvalue weighted by molar-refractivity contribution is -0.139. The Morgan fingerprint density at radius 1 is 1.00 bits per heavy atom. The van der Waals surface area contributed by atoms with E-state index in [1.165, 1.54) is 12.1 Å². The number of rotatable bonds is 10. The molecule has 0 aliphatic carbocycles. The Hall–Kier alpha value is -3.59. The van der Waals surface area contributed by atoms with Gasteiger partial charge in [-0.15, -0.1) is 0 Å². The number of hydrogen-bond donors (Lipinski definition) is 2. The van der Waals surface area contributed by atoms with Gasteiger partial charge in [-0.2, -0.15) is 0 Å². The summed E-state index contributed by atoms with van der Waals surface area (Å²) in [4.78, 5) is 40.5. The third kappa shape index (κ3) is 7.53. The van der Waals surface area contributed by atoms with Crippen molar-refractivity contribution in [2.45, 2.75) is 31.5 Å². The summed E-state index contributed by atoms with van der Waals surface area (Å²) in [6.45, 7) is 2.45. The Balaban J connectivity index is 1.29. The van der Waals surface area contributed by atoms with Crippen molar-refractivity contribution >= 4 is 41.0 Å². The van der Waals surface area contributed by atoms with Gasteiger partial charge in [0, 0.05) is 45.7 Å². The van der Waals surface area contributed by atoms with Gasteiger partial charge in [0.2, 0.25) is 0 Å². The minimum Gasteiger partial charge on any atom is -0.489 e. The Morgan fingerprint density at radius 2 is 1.62 bits per heavy atom. The molecule has 3 aromatic rings. The van der Waals surface area contributed by atoms with E-state index in [1.807, 2.05) is 36.4 Å². The molecule has 0 bridgehead atoms. The number of nitrogens with one attached hydrogen (secondary N) is 1. The molecule has 210 valence electrons. The Kier molecular flexibility index (Phi) is 9.68. The predicted octanol–water partition coefficient (Wildman–Crippen LogP) is 4.77. The van der Waals surface area contributed by atoms with Gasteiger partial charge in [-0.05, 0) is 53.9 Å². The molecule has 4 rings (SSSR count). The number of ether oxygens (including phenoxy) is 1. The van der Waals surface area contributed by atoms with Crippen molar-refractivity contribution in [2.24, 2.45) is 0 Å². The maximum Gasteiger partial charge on any atom is 0.326 e. The third-order valence-corrected chi connectivity index (χ3v) is 7.33. The second-order valence-electron chi connectivity index (χ2n) is 9.97. The Labute approximate surface area is 243 Å². The van der Waals surface area contributed by atoms with Crippen LogP contribution in [0.25, 0.3) is 0 Å². The van der Waals surface area contributed by atoms with Crippen molar-refractivity contribution in [2.75, 3.05) is 27.2 Å². The molecule has 1 aliphatic heterocycles. The van der Waals surface area contributed by atoms with Gasteiger partial charge in [0.1, 0.15) is 17.9 Å². The van der Waals surface area contributed by atoms with E-state index in [2.05, 4.69) is 10.2 Å². The number of likely N-dealkylation sites (tertiary alicyclic amines) is 1. The highest BCUT2D eigenvalue weighted by Crippen LogP contribution is 2.25. The first-order chi connectivity index (χ1) is 19.1. The van der Waals surface area contributed by atoms with Crippen LogP contribution in [-0.4, -0.2) is 72.0 Å². The van der Waals surface area contributed by atoms with E-state index in [-0.39, 0.29) is 34.0 Å². The first-order valence-corrected chi connectivity index (χ1v) is 13.6. The Morgan fingerprint density at radius 3 is 2.23 bits per heavy atom. The van der Waals surface area contributed by atoms with Crippen molar-refractivity contribution in [3.63, 3.8) is 0 Å². The number of benzene rings is 3. The Bertz CT molecular complexity index is 1340. The largest absolute Gasteiger partial charge is 0.489 e. The number of aliphatic carboxylic acids is 1. The quantitative estimate of drug-likeness (QED) is 0.356. The number of carbonyl (C=O) groups is 3. The number of carboxylic acids is 1. The van der Waals surface area contributed by atoms with Crippen LogP contribution in [0, 0.1) is 0 Å². The number of carboxylic acid groups (broad SMARTS) is 1. The molecule has 0 saturated carbocycles. The normalized spacial score (nSPS) is 15.8. The summed E-state index contributed by atoms with van der Waals surface area (Å²) in [6, 6.07) is 18.4. The lowest BCUT2D eigenvalue weighted by atomic mass is 10.0.